The molecule has 1 N–H and O–H groups in total. The summed E-state index contributed by atoms with van der Waals surface area (Å²) >= 11 is 0. The van der Waals surface area contributed by atoms with Gasteiger partial charge in [0.2, 0.25) is 5.82 Å². The molecule has 1 aliphatic carbocycles. The number of fused-ring (bicyclic) bond motifs is 2. The fraction of sp³-hybridized carbons (Fsp3) is 0. The summed E-state index contributed by atoms with van der Waals surface area (Å²) in [6, 6.07) is 12.2. The quantitative estimate of drug-likeness (QED) is 0.578. The molecular weight excluding hydrogens is 268 g/mol. The van der Waals surface area contributed by atoms with Gasteiger partial charge < -0.3 is 5.11 Å². The minimum atomic E-state index is -1.19. The van der Waals surface area contributed by atoms with Crippen molar-refractivity contribution in [2.24, 2.45) is 0 Å². The molecule has 2 aromatic carbocycles. The summed E-state index contributed by atoms with van der Waals surface area (Å²) in [4.78, 5) is 31.9. The van der Waals surface area contributed by atoms with Gasteiger partial charge in [-0.2, -0.15) is 0 Å². The zero-order valence-corrected chi connectivity index (χ0v) is 10.7. The highest BCUT2D eigenvalue weighted by atomic mass is 16.4. The fourth-order valence-corrected chi connectivity index (χ4v) is 2.70. The van der Waals surface area contributed by atoms with Crippen LogP contribution in [0.1, 0.15) is 26.5 Å². The van der Waals surface area contributed by atoms with Crippen molar-refractivity contribution in [2.45, 2.75) is 0 Å². The second-order valence-corrected chi connectivity index (χ2v) is 4.78. The molecule has 0 atom stereocenters. The Morgan fingerprint density at radius 1 is 0.905 bits per heavy atom. The van der Waals surface area contributed by atoms with Gasteiger partial charge in [-0.25, -0.2) is 14.8 Å². The van der Waals surface area contributed by atoms with Gasteiger partial charge in [0.05, 0.1) is 11.2 Å². The average Bonchev–Trinajstić information content (AvgIpc) is 2.51. The lowest BCUT2D eigenvalue weighted by atomic mass is 9.87. The number of nitrogens with zero attached hydrogens (tertiary/aromatic N) is 2. The van der Waals surface area contributed by atoms with Crippen LogP contribution in [0.3, 0.4) is 0 Å². The third-order valence-corrected chi connectivity index (χ3v) is 3.59. The third-order valence-electron chi connectivity index (χ3n) is 3.59. The van der Waals surface area contributed by atoms with Gasteiger partial charge in [-0.3, -0.25) is 4.79 Å². The molecule has 4 rings (SSSR count). The van der Waals surface area contributed by atoms with Crippen molar-refractivity contribution in [1.29, 1.82) is 0 Å². The van der Waals surface area contributed by atoms with E-state index in [9.17, 15) is 9.59 Å². The molecule has 0 fully saturated rings. The van der Waals surface area contributed by atoms with Crippen LogP contribution in [0.15, 0.2) is 42.5 Å². The second-order valence-electron chi connectivity index (χ2n) is 4.78. The summed E-state index contributed by atoms with van der Waals surface area (Å²) in [5, 5.41) is 9.78. The SMILES string of the molecule is O=C(O)c1nc2c3c(cccc3n1)C(=O)c1ccccc1-2. The first kappa shape index (κ1) is 11.7. The summed E-state index contributed by atoms with van der Waals surface area (Å²) in [6.45, 7) is 0. The first-order chi connectivity index (χ1) is 10.2. The molecule has 1 aliphatic rings. The highest BCUT2D eigenvalue weighted by molar-refractivity contribution is 6.24. The van der Waals surface area contributed by atoms with Gasteiger partial charge in [0.1, 0.15) is 0 Å². The fourth-order valence-electron chi connectivity index (χ4n) is 2.70. The molecule has 0 radical (unpaired) electrons. The van der Waals surface area contributed by atoms with E-state index in [4.69, 9.17) is 5.11 Å². The molecule has 0 amide bonds. The van der Waals surface area contributed by atoms with Gasteiger partial charge in [0.25, 0.3) is 0 Å². The van der Waals surface area contributed by atoms with E-state index in [1.165, 1.54) is 0 Å². The van der Waals surface area contributed by atoms with Gasteiger partial charge in [-0.1, -0.05) is 36.4 Å². The van der Waals surface area contributed by atoms with E-state index >= 15 is 0 Å². The van der Waals surface area contributed by atoms with E-state index in [2.05, 4.69) is 9.97 Å². The molecule has 3 aromatic rings. The predicted molar refractivity (Wildman–Crippen MR) is 75.4 cm³/mol. The molecule has 0 unspecified atom stereocenters. The van der Waals surface area contributed by atoms with Crippen molar-refractivity contribution >= 4 is 22.7 Å². The standard InChI is InChI=1S/C16H8N2O3/c19-14-9-5-2-1-4-8(9)13-12-10(14)6-3-7-11(12)17-15(18-13)16(20)21/h1-7H,(H,20,21). The number of carbonyl (C=O) groups is 2. The van der Waals surface area contributed by atoms with Gasteiger partial charge in [-0.15, -0.1) is 0 Å². The number of aromatic nitrogens is 2. The molecule has 21 heavy (non-hydrogen) atoms. The summed E-state index contributed by atoms with van der Waals surface area (Å²) < 4.78 is 0. The molecule has 0 bridgehead atoms. The Bertz CT molecular complexity index is 947. The Morgan fingerprint density at radius 3 is 2.38 bits per heavy atom. The maximum absolute atomic E-state index is 12.5. The van der Waals surface area contributed by atoms with Gasteiger partial charge in [0.15, 0.2) is 5.78 Å². The van der Waals surface area contributed by atoms with Crippen molar-refractivity contribution in [3.8, 4) is 11.3 Å². The van der Waals surface area contributed by atoms with Crippen LogP contribution in [0.25, 0.3) is 22.2 Å². The number of carbonyl (C=O) groups excluding carboxylic acids is 1. The number of rotatable bonds is 1. The third kappa shape index (κ3) is 1.51. The maximum Gasteiger partial charge on any atom is 0.373 e. The molecule has 5 heteroatoms. The smallest absolute Gasteiger partial charge is 0.373 e. The second kappa shape index (κ2) is 3.96. The predicted octanol–water partition coefficient (Wildman–Crippen LogP) is 2.54. The molecule has 1 aromatic heterocycles. The largest absolute Gasteiger partial charge is 0.475 e. The molecule has 5 nitrogen and oxygen atoms in total. The Labute approximate surface area is 118 Å². The molecular formula is C16H8N2O3. The highest BCUT2D eigenvalue weighted by Gasteiger charge is 2.27. The van der Waals surface area contributed by atoms with E-state index in [1.807, 2.05) is 0 Å². The first-order valence-corrected chi connectivity index (χ1v) is 6.35. The van der Waals surface area contributed by atoms with Crippen LogP contribution < -0.4 is 0 Å². The van der Waals surface area contributed by atoms with Crippen LogP contribution in [0.4, 0.5) is 0 Å². The Balaban J connectivity index is 2.23. The van der Waals surface area contributed by atoms with Crippen LogP contribution in [0.2, 0.25) is 0 Å². The average molecular weight is 276 g/mol. The molecule has 0 saturated heterocycles. The lowest BCUT2D eigenvalue weighted by Gasteiger charge is -2.18. The van der Waals surface area contributed by atoms with Crippen LogP contribution in [-0.2, 0) is 0 Å². The Morgan fingerprint density at radius 2 is 1.62 bits per heavy atom. The van der Waals surface area contributed by atoms with Crippen molar-refractivity contribution in [3.05, 3.63) is 59.4 Å². The summed E-state index contributed by atoms with van der Waals surface area (Å²) in [7, 11) is 0. The maximum atomic E-state index is 12.5. The van der Waals surface area contributed by atoms with Crippen molar-refractivity contribution < 1.29 is 14.7 Å². The number of aromatic carboxylic acids is 1. The number of carboxylic acid groups (broad SMARTS) is 1. The van der Waals surface area contributed by atoms with E-state index in [-0.39, 0.29) is 11.6 Å². The molecule has 0 spiro atoms. The normalized spacial score (nSPS) is 12.3. The summed E-state index contributed by atoms with van der Waals surface area (Å²) in [5.74, 6) is -1.54. The Kier molecular flexibility index (Phi) is 2.21. The molecule has 100 valence electrons. The number of hydrogen-bond acceptors (Lipinski definition) is 4. The van der Waals surface area contributed by atoms with Crippen molar-refractivity contribution in [2.75, 3.05) is 0 Å². The minimum absolute atomic E-state index is 0.0876. The summed E-state index contributed by atoms with van der Waals surface area (Å²) in [6.07, 6.45) is 0. The van der Waals surface area contributed by atoms with E-state index in [0.717, 1.165) is 0 Å². The highest BCUT2D eigenvalue weighted by Crippen LogP contribution is 2.37. The molecule has 0 aliphatic heterocycles. The lowest BCUT2D eigenvalue weighted by molar-refractivity contribution is 0.0684. The Hall–Kier alpha value is -3.08. The van der Waals surface area contributed by atoms with Crippen molar-refractivity contribution in [1.82, 2.24) is 9.97 Å². The number of benzene rings is 2. The molecule has 1 heterocycles. The number of ketones is 1. The molecule has 0 saturated carbocycles. The van der Waals surface area contributed by atoms with Crippen molar-refractivity contribution in [3.63, 3.8) is 0 Å². The van der Waals surface area contributed by atoms with Gasteiger partial charge in [0, 0.05) is 22.1 Å². The zero-order chi connectivity index (χ0) is 14.6. The van der Waals surface area contributed by atoms with Crippen LogP contribution in [0, 0.1) is 0 Å². The van der Waals surface area contributed by atoms with Gasteiger partial charge in [-0.05, 0) is 6.07 Å². The van der Waals surface area contributed by atoms with E-state index in [1.54, 1.807) is 42.5 Å². The number of carboxylic acids is 1. The number of hydrogen-bond donors (Lipinski definition) is 1. The van der Waals surface area contributed by atoms with Gasteiger partial charge >= 0.3 is 5.97 Å². The topological polar surface area (TPSA) is 80.2 Å². The van der Waals surface area contributed by atoms with Crippen LogP contribution in [0.5, 0.6) is 0 Å². The van der Waals surface area contributed by atoms with Crippen LogP contribution >= 0.6 is 0 Å². The van der Waals surface area contributed by atoms with Crippen LogP contribution in [-0.4, -0.2) is 26.8 Å². The first-order valence-electron chi connectivity index (χ1n) is 6.35. The summed E-state index contributed by atoms with van der Waals surface area (Å²) in [5.41, 5.74) is 2.67. The monoisotopic (exact) mass is 276 g/mol. The minimum Gasteiger partial charge on any atom is -0.475 e. The lowest BCUT2D eigenvalue weighted by Crippen LogP contribution is -2.14. The zero-order valence-electron chi connectivity index (χ0n) is 10.7. The van der Waals surface area contributed by atoms with E-state index in [0.29, 0.717) is 33.3 Å². The van der Waals surface area contributed by atoms with E-state index < -0.39 is 5.97 Å².